The van der Waals surface area contributed by atoms with Crippen molar-refractivity contribution >= 4 is 48.9 Å². The number of aliphatic hydroxyl groups excluding tert-OH is 1. The smallest absolute Gasteiger partial charge is 0.407 e. The summed E-state index contributed by atoms with van der Waals surface area (Å²) in [5, 5.41) is 19.5. The molecule has 1 fully saturated rings. The van der Waals surface area contributed by atoms with Gasteiger partial charge in [0.2, 0.25) is 17.7 Å². The molecule has 0 bridgehead atoms. The molecule has 2 rings (SSSR count). The number of β-amino-alcohol motifs (C(OH)–C–C–N with tert-alkyl or cyclic N) is 1. The van der Waals surface area contributed by atoms with Crippen LogP contribution in [0.15, 0.2) is 24.3 Å². The summed E-state index contributed by atoms with van der Waals surface area (Å²) in [4.78, 5) is 87.1. The summed E-state index contributed by atoms with van der Waals surface area (Å²) in [6.45, 7) is 10.5. The lowest BCUT2D eigenvalue weighted by atomic mass is 9.89. The zero-order valence-corrected chi connectivity index (χ0v) is 36.6. The van der Waals surface area contributed by atoms with Gasteiger partial charge in [0, 0.05) is 57.0 Å². The minimum Gasteiger partial charge on any atom is -0.445 e. The number of hydrogen-bond acceptors (Lipinski definition) is 12. The first-order valence-corrected chi connectivity index (χ1v) is 22.1. The van der Waals surface area contributed by atoms with Gasteiger partial charge in [0.1, 0.15) is 6.61 Å². The van der Waals surface area contributed by atoms with Crippen molar-refractivity contribution in [3.05, 3.63) is 29.8 Å². The number of urea groups is 1. The first kappa shape index (κ1) is 52.0. The number of aliphatic hydroxyl groups is 1. The third-order valence-corrected chi connectivity index (χ3v) is 11.8. The number of alkyl carbamates (subject to hydrolysis) is 1. The number of unbranched alkanes of at least 4 members (excludes halogenated alkanes) is 1. The number of carbonyl (C=O) groups is 6. The largest absolute Gasteiger partial charge is 0.445 e. The maximum absolute atomic E-state index is 13.6. The van der Waals surface area contributed by atoms with Crippen LogP contribution in [-0.4, -0.2) is 127 Å². The normalized spacial score (nSPS) is 16.1. The molecule has 1 aliphatic rings. The van der Waals surface area contributed by atoms with Gasteiger partial charge < -0.3 is 60.6 Å². The van der Waals surface area contributed by atoms with Gasteiger partial charge >= 0.3 is 19.7 Å². The van der Waals surface area contributed by atoms with Crippen LogP contribution in [0.5, 0.6) is 0 Å². The van der Waals surface area contributed by atoms with Gasteiger partial charge in [0.05, 0.1) is 50.3 Å². The van der Waals surface area contributed by atoms with E-state index in [4.69, 9.17) is 24.5 Å². The number of likely N-dealkylation sites (tertiary alicyclic amines) is 1. The van der Waals surface area contributed by atoms with Crippen LogP contribution in [0.4, 0.5) is 15.3 Å². The van der Waals surface area contributed by atoms with Gasteiger partial charge in [-0.25, -0.2) is 9.59 Å². The Morgan fingerprint density at radius 2 is 1.57 bits per heavy atom. The van der Waals surface area contributed by atoms with Gasteiger partial charge in [-0.3, -0.25) is 23.7 Å². The van der Waals surface area contributed by atoms with E-state index in [1.807, 2.05) is 0 Å². The fourth-order valence-corrected chi connectivity index (χ4v) is 6.61. The number of benzene rings is 1. The summed E-state index contributed by atoms with van der Waals surface area (Å²) in [5.41, 5.74) is 6.27. The number of Topliss-reactive ketones (excluding diaryl/α,β-unsaturated/α-hetero) is 1. The predicted octanol–water partition coefficient (Wildman–Crippen LogP) is 3.20. The van der Waals surface area contributed by atoms with Crippen molar-refractivity contribution in [1.29, 1.82) is 0 Å². The Bertz CT molecular complexity index is 1570. The molecular formula is C40H67N6O13P. The highest BCUT2D eigenvalue weighted by molar-refractivity contribution is 7.54. The molecule has 1 heterocycles. The molecule has 8 N–H and O–H groups in total. The second-order valence-corrected chi connectivity index (χ2v) is 18.7. The van der Waals surface area contributed by atoms with Crippen LogP contribution in [0.2, 0.25) is 0 Å². The van der Waals surface area contributed by atoms with Gasteiger partial charge in [0.15, 0.2) is 5.78 Å². The zero-order valence-electron chi connectivity index (χ0n) is 35.7. The third-order valence-electron chi connectivity index (χ3n) is 9.56. The second kappa shape index (κ2) is 26.9. The lowest BCUT2D eigenvalue weighted by molar-refractivity contribution is -0.131. The number of carbonyl (C=O) groups excluding carboxylic acids is 6. The van der Waals surface area contributed by atoms with Crippen LogP contribution >= 0.6 is 7.60 Å². The quantitative estimate of drug-likeness (QED) is 0.0472. The van der Waals surface area contributed by atoms with Gasteiger partial charge in [-0.1, -0.05) is 26.0 Å². The third kappa shape index (κ3) is 20.9. The van der Waals surface area contributed by atoms with Crippen molar-refractivity contribution < 1.29 is 62.1 Å². The number of nitrogens with two attached hydrogens (primary N) is 1. The number of nitrogens with zero attached hydrogens (tertiary/aromatic N) is 1. The minimum atomic E-state index is -3.74. The Labute approximate surface area is 353 Å². The van der Waals surface area contributed by atoms with Gasteiger partial charge in [0.25, 0.3) is 0 Å². The number of ketones is 1. The highest BCUT2D eigenvalue weighted by Gasteiger charge is 2.36. The Balaban J connectivity index is 1.78. The van der Waals surface area contributed by atoms with Crippen LogP contribution in [0.25, 0.3) is 0 Å². The fourth-order valence-electron chi connectivity index (χ4n) is 5.90. The molecule has 19 nitrogen and oxygen atoms in total. The van der Waals surface area contributed by atoms with E-state index < -0.39 is 48.8 Å². The number of anilines is 1. The van der Waals surface area contributed by atoms with Crippen molar-refractivity contribution in [2.45, 2.75) is 110 Å². The van der Waals surface area contributed by atoms with E-state index in [-0.39, 0.29) is 102 Å². The van der Waals surface area contributed by atoms with Crippen molar-refractivity contribution in [3.8, 4) is 0 Å². The van der Waals surface area contributed by atoms with E-state index in [1.165, 1.54) is 0 Å². The van der Waals surface area contributed by atoms with E-state index >= 15 is 0 Å². The summed E-state index contributed by atoms with van der Waals surface area (Å²) in [6.07, 6.45) is 1.23. The molecule has 1 aliphatic heterocycles. The standard InChI is InChI=1S/C40H67N6O13P/c1-28(2)36(45-34(49)10-6-7-11-35(50)46-19-16-32(47)26-46)33(48)25-30(9-8-17-42-38(41)52)37(51)44-31-14-12-29(13-15-31)27-58-39(53)43-18-20-56-21-22-57-23-24-59-60(54,55)40(3,4)5/h12-15,28,30,32,36,47H,6-11,16-27H2,1-5H3,(H,43,53)(H,44,51)(H,45,49)(H,54,55)(H3,41,42,52)/t30-,32+,36+/m1/s1. The average Bonchev–Trinajstić information content (AvgIpc) is 3.62. The molecule has 0 aliphatic carbocycles. The van der Waals surface area contributed by atoms with Crippen LogP contribution in [0.1, 0.15) is 91.5 Å². The maximum Gasteiger partial charge on any atom is 0.407 e. The zero-order chi connectivity index (χ0) is 44.7. The molecule has 6 amide bonds. The molecule has 20 heteroatoms. The molecule has 60 heavy (non-hydrogen) atoms. The number of ether oxygens (including phenoxy) is 3. The SMILES string of the molecule is CC(C)[C@H](NC(=O)CCCCC(=O)N1CC[C@H](O)C1)C(=O)C[C@@H](CCCNC(N)=O)C(=O)Nc1ccc(COC(=O)NCCOCCOCCOP(=O)(O)C(C)(C)C)cc1. The van der Waals surface area contributed by atoms with Crippen LogP contribution in [-0.2, 0) is 49.1 Å². The Kier molecular flexibility index (Phi) is 23.4. The predicted molar refractivity (Wildman–Crippen MR) is 223 cm³/mol. The van der Waals surface area contributed by atoms with E-state index in [0.717, 1.165) is 0 Å². The van der Waals surface area contributed by atoms with Crippen LogP contribution < -0.4 is 27.0 Å². The first-order chi connectivity index (χ1) is 28.3. The Morgan fingerprint density at radius 1 is 0.917 bits per heavy atom. The van der Waals surface area contributed by atoms with E-state index in [0.29, 0.717) is 50.0 Å². The van der Waals surface area contributed by atoms with Gasteiger partial charge in [-0.15, -0.1) is 0 Å². The van der Waals surface area contributed by atoms with Crippen molar-refractivity contribution in [2.24, 2.45) is 17.6 Å². The molecule has 1 saturated heterocycles. The highest BCUT2D eigenvalue weighted by Crippen LogP contribution is 2.54. The van der Waals surface area contributed by atoms with Crippen molar-refractivity contribution in [3.63, 3.8) is 0 Å². The van der Waals surface area contributed by atoms with Crippen molar-refractivity contribution in [1.82, 2.24) is 20.9 Å². The first-order valence-electron chi connectivity index (χ1n) is 20.5. The molecule has 0 aromatic heterocycles. The van der Waals surface area contributed by atoms with Gasteiger partial charge in [-0.05, 0) is 76.5 Å². The van der Waals surface area contributed by atoms with Gasteiger partial charge in [-0.2, -0.15) is 0 Å². The van der Waals surface area contributed by atoms with E-state index in [2.05, 4.69) is 21.3 Å². The molecule has 4 atom stereocenters. The van der Waals surface area contributed by atoms with Crippen molar-refractivity contribution in [2.75, 3.05) is 64.5 Å². The highest BCUT2D eigenvalue weighted by atomic mass is 31.2. The number of rotatable bonds is 28. The second-order valence-electron chi connectivity index (χ2n) is 16.0. The number of hydrogen-bond donors (Lipinski definition) is 7. The summed E-state index contributed by atoms with van der Waals surface area (Å²) in [6, 6.07) is 5.07. The lowest BCUT2D eigenvalue weighted by Gasteiger charge is -2.24. The fraction of sp³-hybridized carbons (Fsp3) is 0.700. The summed E-state index contributed by atoms with van der Waals surface area (Å²) >= 11 is 0. The number of primary amides is 1. The van der Waals surface area contributed by atoms with Crippen LogP contribution in [0.3, 0.4) is 0 Å². The monoisotopic (exact) mass is 870 g/mol. The molecule has 1 aromatic rings. The van der Waals surface area contributed by atoms with E-state index in [9.17, 15) is 43.3 Å². The molecule has 1 aromatic carbocycles. The molecular weight excluding hydrogens is 803 g/mol. The maximum atomic E-state index is 13.6. The minimum absolute atomic E-state index is 0.0255. The summed E-state index contributed by atoms with van der Waals surface area (Å²) in [7, 11) is -3.74. The number of nitrogens with one attached hydrogen (secondary N) is 4. The van der Waals surface area contributed by atoms with Crippen LogP contribution in [0, 0.1) is 11.8 Å². The Hall–Kier alpha value is -4.13. The Morgan fingerprint density at radius 3 is 2.18 bits per heavy atom. The lowest BCUT2D eigenvalue weighted by Crippen LogP contribution is -2.45. The molecule has 340 valence electrons. The topological polar surface area (TPSA) is 274 Å². The number of amides is 6. The molecule has 0 radical (unpaired) electrons. The molecule has 0 saturated carbocycles. The average molecular weight is 871 g/mol. The molecule has 1 unspecified atom stereocenters. The summed E-state index contributed by atoms with van der Waals surface area (Å²) in [5.74, 6) is -2.17. The molecule has 0 spiro atoms. The summed E-state index contributed by atoms with van der Waals surface area (Å²) < 4.78 is 33.1. The van der Waals surface area contributed by atoms with E-state index in [1.54, 1.807) is 63.8 Å².